The van der Waals surface area contributed by atoms with Gasteiger partial charge in [-0.3, -0.25) is 19.7 Å². The Balaban J connectivity index is 1.96. The molecule has 0 unspecified atom stereocenters. The Morgan fingerprint density at radius 2 is 1.75 bits per heavy atom. The predicted molar refractivity (Wildman–Crippen MR) is 88.6 cm³/mol. The SMILES string of the molecule is Cc1ccc(NC(=O)C(=O)N/N=C/c2ccccc2[N+](=O)[O-])cc1. The minimum atomic E-state index is -0.981. The number of nitrogens with zero attached hydrogens (tertiary/aromatic N) is 2. The van der Waals surface area contributed by atoms with E-state index in [0.29, 0.717) is 5.69 Å². The number of carbonyl (C=O) groups excluding carboxylic acids is 2. The molecule has 0 radical (unpaired) electrons. The third-order valence-corrected chi connectivity index (χ3v) is 3.02. The Hall–Kier alpha value is -3.55. The number of nitrogens with one attached hydrogen (secondary N) is 2. The number of carbonyl (C=O) groups is 2. The van der Waals surface area contributed by atoms with Gasteiger partial charge in [-0.2, -0.15) is 5.10 Å². The molecule has 0 heterocycles. The number of aryl methyl sites for hydroxylation is 1. The topological polar surface area (TPSA) is 114 Å². The maximum atomic E-state index is 11.7. The summed E-state index contributed by atoms with van der Waals surface area (Å²) in [4.78, 5) is 33.6. The number of hydrogen-bond donors (Lipinski definition) is 2. The first-order valence-corrected chi connectivity index (χ1v) is 6.92. The summed E-state index contributed by atoms with van der Waals surface area (Å²) in [5, 5.41) is 16.8. The van der Waals surface area contributed by atoms with Crippen LogP contribution in [0.1, 0.15) is 11.1 Å². The molecule has 0 aliphatic rings. The van der Waals surface area contributed by atoms with Gasteiger partial charge in [-0.25, -0.2) is 5.43 Å². The quantitative estimate of drug-likeness (QED) is 0.387. The lowest BCUT2D eigenvalue weighted by molar-refractivity contribution is -0.385. The van der Waals surface area contributed by atoms with Crippen LogP contribution in [0.4, 0.5) is 11.4 Å². The zero-order valence-electron chi connectivity index (χ0n) is 12.7. The second-order valence-electron chi connectivity index (χ2n) is 4.84. The molecule has 8 nitrogen and oxygen atoms in total. The van der Waals surface area contributed by atoms with Crippen LogP contribution >= 0.6 is 0 Å². The van der Waals surface area contributed by atoms with Crippen molar-refractivity contribution < 1.29 is 14.5 Å². The van der Waals surface area contributed by atoms with E-state index in [1.54, 1.807) is 30.3 Å². The van der Waals surface area contributed by atoms with Gasteiger partial charge in [0.25, 0.3) is 5.69 Å². The van der Waals surface area contributed by atoms with E-state index in [1.165, 1.54) is 18.2 Å². The summed E-state index contributed by atoms with van der Waals surface area (Å²) in [6.45, 7) is 1.90. The average molecular weight is 326 g/mol. The van der Waals surface area contributed by atoms with E-state index < -0.39 is 16.7 Å². The monoisotopic (exact) mass is 326 g/mol. The Kier molecular flexibility index (Phi) is 5.35. The van der Waals surface area contributed by atoms with Crippen molar-refractivity contribution in [3.63, 3.8) is 0 Å². The maximum absolute atomic E-state index is 11.7. The molecule has 0 saturated heterocycles. The van der Waals surface area contributed by atoms with Crippen molar-refractivity contribution in [3.8, 4) is 0 Å². The van der Waals surface area contributed by atoms with Gasteiger partial charge in [0.2, 0.25) is 0 Å². The number of rotatable bonds is 4. The van der Waals surface area contributed by atoms with Crippen molar-refractivity contribution >= 4 is 29.4 Å². The molecule has 0 aliphatic heterocycles. The average Bonchev–Trinajstić information content (AvgIpc) is 2.57. The van der Waals surface area contributed by atoms with Crippen LogP contribution in [-0.4, -0.2) is 23.0 Å². The van der Waals surface area contributed by atoms with Crippen molar-refractivity contribution in [1.82, 2.24) is 5.43 Å². The number of anilines is 1. The normalized spacial score (nSPS) is 10.4. The molecule has 0 aromatic heterocycles. The molecule has 24 heavy (non-hydrogen) atoms. The second kappa shape index (κ2) is 7.63. The minimum Gasteiger partial charge on any atom is -0.318 e. The van der Waals surface area contributed by atoms with Crippen LogP contribution in [0, 0.1) is 17.0 Å². The summed E-state index contributed by atoms with van der Waals surface area (Å²) >= 11 is 0. The van der Waals surface area contributed by atoms with Gasteiger partial charge in [-0.1, -0.05) is 29.8 Å². The zero-order valence-corrected chi connectivity index (χ0v) is 12.7. The van der Waals surface area contributed by atoms with Crippen LogP contribution in [0.25, 0.3) is 0 Å². The zero-order chi connectivity index (χ0) is 17.5. The van der Waals surface area contributed by atoms with E-state index in [-0.39, 0.29) is 11.3 Å². The third kappa shape index (κ3) is 4.47. The standard InChI is InChI=1S/C16H14N4O4/c1-11-6-8-13(9-7-11)18-15(21)16(22)19-17-10-12-4-2-3-5-14(12)20(23)24/h2-10H,1H3,(H,18,21)(H,19,22)/b17-10+. The number of amides is 2. The summed E-state index contributed by atoms with van der Waals surface area (Å²) in [6, 6.07) is 12.8. The van der Waals surface area contributed by atoms with Crippen molar-refractivity contribution in [2.24, 2.45) is 5.10 Å². The highest BCUT2D eigenvalue weighted by atomic mass is 16.6. The molecule has 2 N–H and O–H groups in total. The molecule has 0 bridgehead atoms. The summed E-state index contributed by atoms with van der Waals surface area (Å²) in [5.74, 6) is -1.87. The molecule has 2 amide bonds. The highest BCUT2D eigenvalue weighted by Crippen LogP contribution is 2.15. The van der Waals surface area contributed by atoms with Gasteiger partial charge < -0.3 is 5.32 Å². The van der Waals surface area contributed by atoms with Crippen molar-refractivity contribution in [1.29, 1.82) is 0 Å². The molecule has 0 atom stereocenters. The molecule has 2 rings (SSSR count). The van der Waals surface area contributed by atoms with E-state index >= 15 is 0 Å². The van der Waals surface area contributed by atoms with Crippen molar-refractivity contribution in [3.05, 3.63) is 69.8 Å². The highest BCUT2D eigenvalue weighted by Gasteiger charge is 2.13. The van der Waals surface area contributed by atoms with Gasteiger partial charge in [-0.05, 0) is 25.1 Å². The van der Waals surface area contributed by atoms with E-state index in [1.807, 2.05) is 12.3 Å². The smallest absolute Gasteiger partial charge is 0.318 e. The van der Waals surface area contributed by atoms with Crippen LogP contribution in [0.5, 0.6) is 0 Å². The molecule has 2 aromatic rings. The molecule has 122 valence electrons. The Morgan fingerprint density at radius 1 is 1.08 bits per heavy atom. The molecular formula is C16H14N4O4. The molecular weight excluding hydrogens is 312 g/mol. The number of nitro groups is 1. The third-order valence-electron chi connectivity index (χ3n) is 3.02. The van der Waals surface area contributed by atoms with E-state index in [9.17, 15) is 19.7 Å². The fourth-order valence-corrected chi connectivity index (χ4v) is 1.80. The van der Waals surface area contributed by atoms with Crippen LogP contribution in [0.15, 0.2) is 53.6 Å². The molecule has 0 saturated carbocycles. The van der Waals surface area contributed by atoms with Crippen LogP contribution in [-0.2, 0) is 9.59 Å². The Morgan fingerprint density at radius 3 is 2.42 bits per heavy atom. The lowest BCUT2D eigenvalue weighted by Crippen LogP contribution is -2.32. The van der Waals surface area contributed by atoms with Gasteiger partial charge in [0.15, 0.2) is 0 Å². The number of hydrazone groups is 1. The molecule has 0 aliphatic carbocycles. The van der Waals surface area contributed by atoms with Crippen molar-refractivity contribution in [2.45, 2.75) is 6.92 Å². The number of para-hydroxylation sites is 1. The van der Waals surface area contributed by atoms with Crippen LogP contribution in [0.3, 0.4) is 0 Å². The fourth-order valence-electron chi connectivity index (χ4n) is 1.80. The van der Waals surface area contributed by atoms with Crippen LogP contribution in [0.2, 0.25) is 0 Å². The summed E-state index contributed by atoms with van der Waals surface area (Å²) < 4.78 is 0. The van der Waals surface area contributed by atoms with E-state index in [2.05, 4.69) is 10.4 Å². The van der Waals surface area contributed by atoms with Gasteiger partial charge in [0.1, 0.15) is 0 Å². The summed E-state index contributed by atoms with van der Waals surface area (Å²) in [7, 11) is 0. The number of benzene rings is 2. The highest BCUT2D eigenvalue weighted by molar-refractivity contribution is 6.39. The first-order chi connectivity index (χ1) is 11.5. The second-order valence-corrected chi connectivity index (χ2v) is 4.84. The lowest BCUT2D eigenvalue weighted by atomic mass is 10.2. The van der Waals surface area contributed by atoms with Gasteiger partial charge in [0, 0.05) is 11.8 Å². The Bertz CT molecular complexity index is 800. The van der Waals surface area contributed by atoms with Gasteiger partial charge >= 0.3 is 11.8 Å². The largest absolute Gasteiger partial charge is 0.329 e. The lowest BCUT2D eigenvalue weighted by Gasteiger charge is -2.04. The fraction of sp³-hybridized carbons (Fsp3) is 0.0625. The van der Waals surface area contributed by atoms with E-state index in [0.717, 1.165) is 11.8 Å². The van der Waals surface area contributed by atoms with Crippen molar-refractivity contribution in [2.75, 3.05) is 5.32 Å². The number of nitro benzene ring substituents is 1. The van der Waals surface area contributed by atoms with Crippen LogP contribution < -0.4 is 10.7 Å². The predicted octanol–water partition coefficient (Wildman–Crippen LogP) is 1.99. The number of hydrogen-bond acceptors (Lipinski definition) is 5. The molecule has 0 spiro atoms. The van der Waals surface area contributed by atoms with Gasteiger partial charge in [0.05, 0.1) is 16.7 Å². The maximum Gasteiger partial charge on any atom is 0.329 e. The Labute approximate surface area is 137 Å². The van der Waals surface area contributed by atoms with E-state index in [4.69, 9.17) is 0 Å². The first-order valence-electron chi connectivity index (χ1n) is 6.92. The summed E-state index contributed by atoms with van der Waals surface area (Å²) in [5.41, 5.74) is 3.58. The minimum absolute atomic E-state index is 0.153. The molecule has 8 heteroatoms. The van der Waals surface area contributed by atoms with Gasteiger partial charge in [-0.15, -0.1) is 0 Å². The summed E-state index contributed by atoms with van der Waals surface area (Å²) in [6.07, 6.45) is 1.11. The molecule has 0 fully saturated rings. The molecule has 2 aromatic carbocycles. The first kappa shape index (κ1) is 16.8.